The molecule has 0 aliphatic rings. The van der Waals surface area contributed by atoms with Gasteiger partial charge < -0.3 is 9.72 Å². The zero-order chi connectivity index (χ0) is 19.0. The average Bonchev–Trinajstić information content (AvgIpc) is 3.09. The Bertz CT molecular complexity index is 1240. The number of ether oxygens (including phenoxy) is 1. The van der Waals surface area contributed by atoms with Crippen LogP contribution in [-0.2, 0) is 6.54 Å². The lowest BCUT2D eigenvalue weighted by atomic mass is 10.1. The molecule has 0 spiro atoms. The Hall–Kier alpha value is -2.61. The Balaban J connectivity index is 1.83. The third-order valence-electron chi connectivity index (χ3n) is 4.59. The lowest BCUT2D eigenvalue weighted by Gasteiger charge is -2.09. The SMILES string of the molecule is CCn1c(C=Cc2c[nH]c3ccc(OC)cc23)nc2ccc(I)cc2c1=O. The van der Waals surface area contributed by atoms with Gasteiger partial charge in [0.15, 0.2) is 0 Å². The first kappa shape index (κ1) is 17.8. The van der Waals surface area contributed by atoms with Gasteiger partial charge in [0.1, 0.15) is 11.6 Å². The summed E-state index contributed by atoms with van der Waals surface area (Å²) in [6, 6.07) is 11.7. The van der Waals surface area contributed by atoms with E-state index >= 15 is 0 Å². The van der Waals surface area contributed by atoms with Gasteiger partial charge in [-0.1, -0.05) is 0 Å². The summed E-state index contributed by atoms with van der Waals surface area (Å²) in [5, 5.41) is 1.71. The highest BCUT2D eigenvalue weighted by Crippen LogP contribution is 2.25. The molecule has 0 fully saturated rings. The van der Waals surface area contributed by atoms with Gasteiger partial charge in [0.2, 0.25) is 0 Å². The topological polar surface area (TPSA) is 59.9 Å². The second-order valence-corrected chi connectivity index (χ2v) is 7.42. The molecule has 0 bridgehead atoms. The van der Waals surface area contributed by atoms with E-state index in [9.17, 15) is 4.79 Å². The number of nitrogens with one attached hydrogen (secondary N) is 1. The van der Waals surface area contributed by atoms with Gasteiger partial charge in [0, 0.05) is 32.8 Å². The number of benzene rings is 2. The highest BCUT2D eigenvalue weighted by atomic mass is 127. The Morgan fingerprint density at radius 2 is 2.04 bits per heavy atom. The van der Waals surface area contributed by atoms with Crippen LogP contribution in [-0.4, -0.2) is 21.6 Å². The summed E-state index contributed by atoms with van der Waals surface area (Å²) in [4.78, 5) is 20.8. The number of H-pyrrole nitrogens is 1. The molecule has 4 rings (SSSR count). The van der Waals surface area contributed by atoms with Gasteiger partial charge in [-0.25, -0.2) is 4.98 Å². The van der Waals surface area contributed by atoms with E-state index in [0.717, 1.165) is 25.8 Å². The van der Waals surface area contributed by atoms with E-state index < -0.39 is 0 Å². The van der Waals surface area contributed by atoms with Gasteiger partial charge in [0.25, 0.3) is 5.56 Å². The average molecular weight is 471 g/mol. The molecule has 0 saturated heterocycles. The molecule has 136 valence electrons. The molecular formula is C21H18IN3O2. The van der Waals surface area contributed by atoms with Crippen LogP contribution < -0.4 is 10.3 Å². The Morgan fingerprint density at radius 1 is 1.19 bits per heavy atom. The van der Waals surface area contributed by atoms with E-state index in [-0.39, 0.29) is 5.56 Å². The Labute approximate surface area is 169 Å². The molecule has 0 unspecified atom stereocenters. The minimum absolute atomic E-state index is 0.0127. The first-order valence-electron chi connectivity index (χ1n) is 8.64. The van der Waals surface area contributed by atoms with Gasteiger partial charge in [0.05, 0.1) is 18.0 Å². The van der Waals surface area contributed by atoms with Crippen molar-refractivity contribution in [2.24, 2.45) is 0 Å². The summed E-state index contributed by atoms with van der Waals surface area (Å²) in [6.07, 6.45) is 5.81. The largest absolute Gasteiger partial charge is 0.497 e. The van der Waals surface area contributed by atoms with Crippen molar-refractivity contribution in [2.75, 3.05) is 7.11 Å². The second kappa shape index (κ2) is 7.19. The molecule has 0 radical (unpaired) electrons. The van der Waals surface area contributed by atoms with Gasteiger partial charge >= 0.3 is 0 Å². The minimum atomic E-state index is -0.0127. The summed E-state index contributed by atoms with van der Waals surface area (Å²) in [5.41, 5.74) is 2.75. The van der Waals surface area contributed by atoms with E-state index in [1.165, 1.54) is 0 Å². The Kier molecular flexibility index (Phi) is 4.73. The molecule has 6 heteroatoms. The smallest absolute Gasteiger partial charge is 0.261 e. The number of halogens is 1. The lowest BCUT2D eigenvalue weighted by molar-refractivity contribution is 0.415. The first-order valence-corrected chi connectivity index (χ1v) is 9.72. The van der Waals surface area contributed by atoms with E-state index in [4.69, 9.17) is 9.72 Å². The number of aromatic nitrogens is 3. The van der Waals surface area contributed by atoms with Gasteiger partial charge in [-0.05, 0) is 78.1 Å². The third kappa shape index (κ3) is 3.25. The summed E-state index contributed by atoms with van der Waals surface area (Å²) in [6.45, 7) is 2.52. The fraction of sp³-hybridized carbons (Fsp3) is 0.143. The predicted octanol–water partition coefficient (Wildman–Crippen LogP) is 4.68. The molecule has 2 heterocycles. The van der Waals surface area contributed by atoms with Crippen molar-refractivity contribution in [1.29, 1.82) is 0 Å². The number of rotatable bonds is 4. The molecule has 0 atom stereocenters. The number of fused-ring (bicyclic) bond motifs is 2. The second-order valence-electron chi connectivity index (χ2n) is 6.17. The summed E-state index contributed by atoms with van der Waals surface area (Å²) in [5.74, 6) is 1.45. The van der Waals surface area contributed by atoms with E-state index in [0.29, 0.717) is 23.3 Å². The molecule has 0 saturated carbocycles. The summed E-state index contributed by atoms with van der Waals surface area (Å²) < 4.78 is 8.05. The van der Waals surface area contributed by atoms with Crippen molar-refractivity contribution in [2.45, 2.75) is 13.5 Å². The molecule has 2 aromatic heterocycles. The molecule has 2 aromatic carbocycles. The van der Waals surface area contributed by atoms with Gasteiger partial charge in [-0.3, -0.25) is 9.36 Å². The van der Waals surface area contributed by atoms with Crippen molar-refractivity contribution >= 4 is 56.5 Å². The van der Waals surface area contributed by atoms with Crippen LogP contribution in [0.15, 0.2) is 47.4 Å². The van der Waals surface area contributed by atoms with E-state index in [1.807, 2.05) is 61.7 Å². The number of aromatic amines is 1. The highest BCUT2D eigenvalue weighted by Gasteiger charge is 2.09. The van der Waals surface area contributed by atoms with Crippen LogP contribution in [0.3, 0.4) is 0 Å². The van der Waals surface area contributed by atoms with Gasteiger partial charge in [-0.2, -0.15) is 0 Å². The monoisotopic (exact) mass is 471 g/mol. The third-order valence-corrected chi connectivity index (χ3v) is 5.27. The number of nitrogens with zero attached hydrogens (tertiary/aromatic N) is 2. The summed E-state index contributed by atoms with van der Waals surface area (Å²) >= 11 is 2.21. The molecule has 4 aromatic rings. The standard InChI is InChI=1S/C21H18IN3O2/c1-3-25-20(24-19-7-5-14(22)10-17(19)21(25)26)9-4-13-12-23-18-8-6-15(27-2)11-16(13)18/h4-12,23H,3H2,1-2H3. The van der Waals surface area contributed by atoms with Crippen molar-refractivity contribution < 1.29 is 4.74 Å². The van der Waals surface area contributed by atoms with Crippen molar-refractivity contribution in [3.05, 3.63) is 67.9 Å². The number of hydrogen-bond donors (Lipinski definition) is 1. The van der Waals surface area contributed by atoms with Crippen LogP contribution in [0.1, 0.15) is 18.3 Å². The van der Waals surface area contributed by atoms with E-state index in [2.05, 4.69) is 27.6 Å². The van der Waals surface area contributed by atoms with Crippen LogP contribution >= 0.6 is 22.6 Å². The van der Waals surface area contributed by atoms with Crippen molar-refractivity contribution in [1.82, 2.24) is 14.5 Å². The lowest BCUT2D eigenvalue weighted by Crippen LogP contribution is -2.23. The van der Waals surface area contributed by atoms with Crippen LogP contribution in [0.25, 0.3) is 34.0 Å². The zero-order valence-corrected chi connectivity index (χ0v) is 17.1. The Morgan fingerprint density at radius 3 is 2.81 bits per heavy atom. The fourth-order valence-electron chi connectivity index (χ4n) is 3.19. The maximum Gasteiger partial charge on any atom is 0.261 e. The predicted molar refractivity (Wildman–Crippen MR) is 118 cm³/mol. The molecule has 0 amide bonds. The first-order chi connectivity index (χ1) is 13.1. The normalized spacial score (nSPS) is 11.7. The molecule has 0 aliphatic heterocycles. The number of hydrogen-bond acceptors (Lipinski definition) is 3. The minimum Gasteiger partial charge on any atom is -0.497 e. The maximum absolute atomic E-state index is 12.9. The molecular weight excluding hydrogens is 453 g/mol. The maximum atomic E-state index is 12.9. The van der Waals surface area contributed by atoms with Crippen molar-refractivity contribution in [3.8, 4) is 5.75 Å². The van der Waals surface area contributed by atoms with Crippen molar-refractivity contribution in [3.63, 3.8) is 0 Å². The van der Waals surface area contributed by atoms with Crippen LogP contribution in [0.5, 0.6) is 5.75 Å². The molecule has 27 heavy (non-hydrogen) atoms. The number of methoxy groups -OCH3 is 1. The van der Waals surface area contributed by atoms with Crippen LogP contribution in [0.4, 0.5) is 0 Å². The summed E-state index contributed by atoms with van der Waals surface area (Å²) in [7, 11) is 1.66. The molecule has 1 N–H and O–H groups in total. The van der Waals surface area contributed by atoms with E-state index in [1.54, 1.807) is 11.7 Å². The zero-order valence-electron chi connectivity index (χ0n) is 15.0. The molecule has 5 nitrogen and oxygen atoms in total. The highest BCUT2D eigenvalue weighted by molar-refractivity contribution is 14.1. The fourth-order valence-corrected chi connectivity index (χ4v) is 3.68. The van der Waals surface area contributed by atoms with Gasteiger partial charge in [-0.15, -0.1) is 0 Å². The molecule has 0 aliphatic carbocycles. The van der Waals surface area contributed by atoms with Crippen LogP contribution in [0.2, 0.25) is 0 Å². The van der Waals surface area contributed by atoms with Crippen LogP contribution in [0, 0.1) is 3.57 Å². The quantitative estimate of drug-likeness (QED) is 0.440.